The number of fused-ring (bicyclic) bond motifs is 3. The van der Waals surface area contributed by atoms with Gasteiger partial charge in [0.1, 0.15) is 11.2 Å². The molecule has 6 nitrogen and oxygen atoms in total. The van der Waals surface area contributed by atoms with Gasteiger partial charge in [-0.2, -0.15) is 0 Å². The number of ether oxygens (including phenoxy) is 2. The van der Waals surface area contributed by atoms with Crippen molar-refractivity contribution in [2.45, 2.75) is 77.5 Å². The Morgan fingerprint density at radius 3 is 2.17 bits per heavy atom. The normalized spacial score (nSPS) is 21.9. The van der Waals surface area contributed by atoms with Crippen LogP contribution in [0.1, 0.15) is 65.9 Å². The second kappa shape index (κ2) is 7.82. The minimum atomic E-state index is -0.575. The molecule has 0 radical (unpaired) electrons. The average Bonchev–Trinajstić information content (AvgIpc) is 2.71. The maximum Gasteiger partial charge on any atom is 0.415 e. The summed E-state index contributed by atoms with van der Waals surface area (Å²) in [5, 5.41) is 0. The number of nitrogens with zero attached hydrogens (tertiary/aromatic N) is 2. The molecule has 0 N–H and O–H groups in total. The molecule has 160 valence electrons. The number of anilines is 1. The van der Waals surface area contributed by atoms with Crippen molar-refractivity contribution < 1.29 is 19.1 Å². The zero-order valence-corrected chi connectivity index (χ0v) is 19.7. The van der Waals surface area contributed by atoms with Crippen LogP contribution < -0.4 is 4.90 Å². The molecule has 0 aromatic heterocycles. The Balaban J connectivity index is 1.89. The Hall–Kier alpha value is -1.76. The first-order valence-electron chi connectivity index (χ1n) is 10.2. The number of rotatable bonds is 0. The number of benzene rings is 1. The molecule has 7 heteroatoms. The van der Waals surface area contributed by atoms with Crippen molar-refractivity contribution in [3.63, 3.8) is 0 Å². The molecule has 0 spiro atoms. The maximum atomic E-state index is 13.1. The molecule has 0 bridgehead atoms. The number of halogens is 1. The van der Waals surface area contributed by atoms with Crippen LogP contribution in [0.25, 0.3) is 0 Å². The van der Waals surface area contributed by atoms with E-state index in [0.717, 1.165) is 22.1 Å². The molecule has 0 aliphatic carbocycles. The highest BCUT2D eigenvalue weighted by Gasteiger charge is 2.45. The molecule has 2 amide bonds. The van der Waals surface area contributed by atoms with Gasteiger partial charge < -0.3 is 14.4 Å². The van der Waals surface area contributed by atoms with E-state index in [0.29, 0.717) is 19.5 Å². The first-order chi connectivity index (χ1) is 13.4. The highest BCUT2D eigenvalue weighted by atomic mass is 79.9. The molecule has 3 rings (SSSR count). The lowest BCUT2D eigenvalue weighted by Gasteiger charge is -2.30. The number of carbonyl (C=O) groups is 2. The molecular formula is C22H31BrN2O4. The van der Waals surface area contributed by atoms with Crippen molar-refractivity contribution in [3.8, 4) is 0 Å². The third kappa shape index (κ3) is 4.87. The molecule has 0 unspecified atom stereocenters. The molecule has 2 atom stereocenters. The van der Waals surface area contributed by atoms with Crippen LogP contribution in [-0.4, -0.2) is 47.4 Å². The molecule has 2 aliphatic heterocycles. The van der Waals surface area contributed by atoms with Crippen molar-refractivity contribution in [2.24, 2.45) is 0 Å². The van der Waals surface area contributed by atoms with E-state index in [2.05, 4.69) is 15.9 Å². The Labute approximate surface area is 181 Å². The van der Waals surface area contributed by atoms with Gasteiger partial charge in [0.05, 0.1) is 5.69 Å². The summed E-state index contributed by atoms with van der Waals surface area (Å²) in [4.78, 5) is 29.2. The van der Waals surface area contributed by atoms with E-state index in [1.165, 1.54) is 0 Å². The standard InChI is InChI=1S/C22H31BrN2O4/c1-21(2,3)28-19(26)24-12-10-14-16(11-13-24)25(20(27)29-22(4,5)6)17-9-7-8-15(23)18(14)17/h7-9,14,16H,10-13H2,1-6H3/t14-,16-/m0/s1. The summed E-state index contributed by atoms with van der Waals surface area (Å²) in [5.41, 5.74) is 0.912. The number of likely N-dealkylation sites (tertiary alicyclic amines) is 1. The molecule has 29 heavy (non-hydrogen) atoms. The SMILES string of the molecule is CC(C)(C)OC(=O)N1CC[C@@H]2c3c(Br)cccc3N(C(=O)OC(C)(C)C)[C@H]2CC1. The van der Waals surface area contributed by atoms with Crippen LogP contribution >= 0.6 is 15.9 Å². The van der Waals surface area contributed by atoms with Crippen LogP contribution in [0.15, 0.2) is 22.7 Å². The fourth-order valence-electron chi connectivity index (χ4n) is 4.07. The first-order valence-corrected chi connectivity index (χ1v) is 11.0. The van der Waals surface area contributed by atoms with Crippen LogP contribution in [0.2, 0.25) is 0 Å². The minimum absolute atomic E-state index is 0.0500. The summed E-state index contributed by atoms with van der Waals surface area (Å²) in [6, 6.07) is 5.87. The molecule has 1 aromatic rings. The Kier molecular flexibility index (Phi) is 5.91. The number of hydrogen-bond donors (Lipinski definition) is 0. The Bertz CT molecular complexity index is 797. The highest BCUT2D eigenvalue weighted by molar-refractivity contribution is 9.10. The van der Waals surface area contributed by atoms with Gasteiger partial charge in [-0.25, -0.2) is 9.59 Å². The van der Waals surface area contributed by atoms with E-state index in [-0.39, 0.29) is 24.1 Å². The summed E-state index contributed by atoms with van der Waals surface area (Å²) < 4.78 is 12.3. The molecule has 2 aliphatic rings. The van der Waals surface area contributed by atoms with Gasteiger partial charge in [0.25, 0.3) is 0 Å². The van der Waals surface area contributed by atoms with Gasteiger partial charge in [0.15, 0.2) is 0 Å². The third-order valence-corrected chi connectivity index (χ3v) is 5.79. The van der Waals surface area contributed by atoms with E-state index in [4.69, 9.17) is 9.47 Å². The zero-order chi connectivity index (χ0) is 21.6. The molecule has 1 fully saturated rings. The van der Waals surface area contributed by atoms with Crippen LogP contribution in [0, 0.1) is 0 Å². The van der Waals surface area contributed by atoms with Gasteiger partial charge in [-0.05, 0) is 72.1 Å². The lowest BCUT2D eigenvalue weighted by molar-refractivity contribution is 0.0256. The van der Waals surface area contributed by atoms with E-state index >= 15 is 0 Å². The molecule has 2 heterocycles. The predicted molar refractivity (Wildman–Crippen MR) is 116 cm³/mol. The van der Waals surface area contributed by atoms with E-state index in [1.54, 1.807) is 9.80 Å². The van der Waals surface area contributed by atoms with Gasteiger partial charge in [-0.1, -0.05) is 22.0 Å². The average molecular weight is 467 g/mol. The zero-order valence-electron chi connectivity index (χ0n) is 18.1. The van der Waals surface area contributed by atoms with E-state index in [9.17, 15) is 9.59 Å². The van der Waals surface area contributed by atoms with E-state index < -0.39 is 11.2 Å². The largest absolute Gasteiger partial charge is 0.444 e. The Morgan fingerprint density at radius 1 is 0.966 bits per heavy atom. The second-order valence-electron chi connectivity index (χ2n) is 9.74. The number of carbonyl (C=O) groups excluding carboxylic acids is 2. The number of amides is 2. The minimum Gasteiger partial charge on any atom is -0.444 e. The van der Waals surface area contributed by atoms with Crippen LogP contribution in [0.4, 0.5) is 15.3 Å². The van der Waals surface area contributed by atoms with Crippen LogP contribution in [0.3, 0.4) is 0 Å². The monoisotopic (exact) mass is 466 g/mol. The third-order valence-electron chi connectivity index (χ3n) is 5.10. The lowest BCUT2D eigenvalue weighted by atomic mass is 9.91. The summed E-state index contributed by atoms with van der Waals surface area (Å²) in [6.45, 7) is 12.4. The van der Waals surface area contributed by atoms with Crippen molar-refractivity contribution in [1.29, 1.82) is 0 Å². The highest BCUT2D eigenvalue weighted by Crippen LogP contribution is 2.48. The van der Waals surface area contributed by atoms with E-state index in [1.807, 2.05) is 59.7 Å². The topological polar surface area (TPSA) is 59.1 Å². The summed E-state index contributed by atoms with van der Waals surface area (Å²) in [6.07, 6.45) is 0.798. The fraction of sp³-hybridized carbons (Fsp3) is 0.636. The first kappa shape index (κ1) is 21.9. The van der Waals surface area contributed by atoms with Crippen LogP contribution in [0.5, 0.6) is 0 Å². The van der Waals surface area contributed by atoms with Crippen LogP contribution in [-0.2, 0) is 9.47 Å². The summed E-state index contributed by atoms with van der Waals surface area (Å²) in [7, 11) is 0. The van der Waals surface area contributed by atoms with Gasteiger partial charge in [-0.15, -0.1) is 0 Å². The quantitative estimate of drug-likeness (QED) is 0.492. The fourth-order valence-corrected chi connectivity index (χ4v) is 4.72. The number of hydrogen-bond acceptors (Lipinski definition) is 4. The van der Waals surface area contributed by atoms with Crippen molar-refractivity contribution >= 4 is 33.8 Å². The van der Waals surface area contributed by atoms with Crippen molar-refractivity contribution in [1.82, 2.24) is 4.90 Å². The van der Waals surface area contributed by atoms with Gasteiger partial charge in [0, 0.05) is 29.5 Å². The smallest absolute Gasteiger partial charge is 0.415 e. The summed E-state index contributed by atoms with van der Waals surface area (Å²) in [5.74, 6) is 0.139. The van der Waals surface area contributed by atoms with Gasteiger partial charge in [0.2, 0.25) is 0 Å². The summed E-state index contributed by atoms with van der Waals surface area (Å²) >= 11 is 3.67. The molecule has 1 aromatic carbocycles. The van der Waals surface area contributed by atoms with Crippen molar-refractivity contribution in [2.75, 3.05) is 18.0 Å². The lowest BCUT2D eigenvalue weighted by Crippen LogP contribution is -2.43. The van der Waals surface area contributed by atoms with Crippen molar-refractivity contribution in [3.05, 3.63) is 28.2 Å². The second-order valence-corrected chi connectivity index (χ2v) is 10.6. The van der Waals surface area contributed by atoms with Gasteiger partial charge in [-0.3, -0.25) is 4.90 Å². The Morgan fingerprint density at radius 2 is 1.55 bits per heavy atom. The molecule has 1 saturated heterocycles. The maximum absolute atomic E-state index is 13.1. The predicted octanol–water partition coefficient (Wildman–Crippen LogP) is 5.69. The van der Waals surface area contributed by atoms with Gasteiger partial charge >= 0.3 is 12.2 Å². The molecular weight excluding hydrogens is 436 g/mol. The molecule has 0 saturated carbocycles.